The van der Waals surface area contributed by atoms with Gasteiger partial charge < -0.3 is 9.84 Å². The van der Waals surface area contributed by atoms with Crippen molar-refractivity contribution in [1.82, 2.24) is 10.2 Å². The molecule has 154 valence electrons. The van der Waals surface area contributed by atoms with Gasteiger partial charge in [-0.05, 0) is 66.2 Å². The molecular formula is C24H18BrN3O3. The smallest absolute Gasteiger partial charge is 0.277 e. The lowest BCUT2D eigenvalue weighted by Gasteiger charge is -2.26. The van der Waals surface area contributed by atoms with E-state index in [2.05, 4.69) is 26.1 Å². The van der Waals surface area contributed by atoms with Crippen molar-refractivity contribution in [1.29, 1.82) is 0 Å². The summed E-state index contributed by atoms with van der Waals surface area (Å²) < 4.78 is 6.19. The first-order chi connectivity index (χ1) is 15.1. The van der Waals surface area contributed by atoms with Crippen molar-refractivity contribution in [3.63, 3.8) is 0 Å². The van der Waals surface area contributed by atoms with Crippen molar-refractivity contribution < 1.29 is 14.6 Å². The number of amides is 1. The predicted octanol–water partition coefficient (Wildman–Crippen LogP) is 5.30. The van der Waals surface area contributed by atoms with Crippen molar-refractivity contribution in [2.45, 2.75) is 6.04 Å². The third-order valence-corrected chi connectivity index (χ3v) is 5.95. The summed E-state index contributed by atoms with van der Waals surface area (Å²) >= 11 is 3.45. The number of aromatic hydroxyl groups is 1. The molecule has 4 aromatic rings. The number of benzene rings is 3. The predicted molar refractivity (Wildman–Crippen MR) is 121 cm³/mol. The number of hydrogen-bond acceptors (Lipinski definition) is 4. The maximum Gasteiger partial charge on any atom is 0.277 e. The Balaban J connectivity index is 1.70. The zero-order chi connectivity index (χ0) is 21.5. The van der Waals surface area contributed by atoms with E-state index in [9.17, 15) is 9.90 Å². The fraction of sp³-hybridized carbons (Fsp3) is 0.0833. The molecule has 0 spiro atoms. The number of nitrogens with zero attached hydrogens (tertiary/aromatic N) is 2. The second-order valence-corrected chi connectivity index (χ2v) is 8.15. The number of anilines is 1. The monoisotopic (exact) mass is 475 g/mol. The molecule has 5 rings (SSSR count). The molecule has 6 nitrogen and oxygen atoms in total. The number of H-pyrrole nitrogens is 1. The minimum Gasteiger partial charge on any atom is -0.508 e. The third-order valence-electron chi connectivity index (χ3n) is 5.42. The second-order valence-electron chi connectivity index (χ2n) is 7.24. The molecule has 3 aromatic carbocycles. The molecule has 7 heteroatoms. The third kappa shape index (κ3) is 3.27. The topological polar surface area (TPSA) is 78.5 Å². The van der Waals surface area contributed by atoms with Gasteiger partial charge in [0.05, 0.1) is 18.8 Å². The number of halogens is 1. The average Bonchev–Trinajstić information content (AvgIpc) is 3.33. The number of ether oxygens (including phenoxy) is 1. The quantitative estimate of drug-likeness (QED) is 0.419. The van der Waals surface area contributed by atoms with Crippen LogP contribution < -0.4 is 9.64 Å². The number of aromatic nitrogens is 2. The molecule has 1 aromatic heterocycles. The standard InChI is InChI=1S/C24H18BrN3O3/c1-31-19-11-5-14(6-12-19)21-20-22(27-26-21)24(30)28(17-9-7-16(25)8-10-17)23(20)15-3-2-4-18(29)13-15/h2-13,23,29H,1H3,(H,26,27)/t23-/m0/s1. The number of carbonyl (C=O) groups excluding carboxylic acids is 1. The van der Waals surface area contributed by atoms with E-state index in [1.54, 1.807) is 30.2 Å². The van der Waals surface area contributed by atoms with E-state index in [0.717, 1.165) is 32.6 Å². The summed E-state index contributed by atoms with van der Waals surface area (Å²) in [5, 5.41) is 17.5. The fourth-order valence-electron chi connectivity index (χ4n) is 3.99. The van der Waals surface area contributed by atoms with Crippen LogP contribution in [0.5, 0.6) is 11.5 Å². The van der Waals surface area contributed by atoms with Gasteiger partial charge in [-0.3, -0.25) is 14.8 Å². The molecular weight excluding hydrogens is 458 g/mol. The van der Waals surface area contributed by atoms with Gasteiger partial charge in [0.15, 0.2) is 0 Å². The minimum atomic E-state index is -0.438. The number of phenolic OH excluding ortho intramolecular Hbond substituents is 1. The molecule has 1 aliphatic rings. The van der Waals surface area contributed by atoms with Crippen LogP contribution in [0.4, 0.5) is 5.69 Å². The van der Waals surface area contributed by atoms with E-state index in [1.807, 2.05) is 54.6 Å². The van der Waals surface area contributed by atoms with Gasteiger partial charge in [-0.15, -0.1) is 0 Å². The Bertz CT molecular complexity index is 1270. The number of methoxy groups -OCH3 is 1. The first kappa shape index (κ1) is 19.4. The summed E-state index contributed by atoms with van der Waals surface area (Å²) in [7, 11) is 1.62. The van der Waals surface area contributed by atoms with Gasteiger partial charge in [0.2, 0.25) is 0 Å². The van der Waals surface area contributed by atoms with Gasteiger partial charge >= 0.3 is 0 Å². The van der Waals surface area contributed by atoms with Crippen LogP contribution in [0.2, 0.25) is 0 Å². The van der Waals surface area contributed by atoms with Crippen LogP contribution in [0.25, 0.3) is 11.3 Å². The van der Waals surface area contributed by atoms with E-state index in [1.165, 1.54) is 0 Å². The van der Waals surface area contributed by atoms with E-state index in [0.29, 0.717) is 11.4 Å². The molecule has 31 heavy (non-hydrogen) atoms. The molecule has 2 N–H and O–H groups in total. The van der Waals surface area contributed by atoms with Gasteiger partial charge in [-0.2, -0.15) is 5.10 Å². The number of aromatic amines is 1. The number of rotatable bonds is 4. The molecule has 0 bridgehead atoms. The van der Waals surface area contributed by atoms with Crippen LogP contribution in [-0.2, 0) is 0 Å². The lowest BCUT2D eigenvalue weighted by atomic mass is 9.95. The lowest BCUT2D eigenvalue weighted by molar-refractivity contribution is 0.0988. The largest absolute Gasteiger partial charge is 0.508 e. The van der Waals surface area contributed by atoms with Crippen LogP contribution in [0.3, 0.4) is 0 Å². The zero-order valence-electron chi connectivity index (χ0n) is 16.5. The number of fused-ring (bicyclic) bond motifs is 1. The molecule has 0 aliphatic carbocycles. The first-order valence-electron chi connectivity index (χ1n) is 9.67. The number of phenols is 1. The Morgan fingerprint density at radius 1 is 1.06 bits per heavy atom. The zero-order valence-corrected chi connectivity index (χ0v) is 18.1. The van der Waals surface area contributed by atoms with Crippen molar-refractivity contribution >= 4 is 27.5 Å². The molecule has 0 fully saturated rings. The molecule has 1 amide bonds. The number of carbonyl (C=O) groups is 1. The second kappa shape index (κ2) is 7.59. The number of nitrogens with one attached hydrogen (secondary N) is 1. The fourth-order valence-corrected chi connectivity index (χ4v) is 4.26. The van der Waals surface area contributed by atoms with Crippen molar-refractivity contribution in [2.24, 2.45) is 0 Å². The molecule has 1 aliphatic heterocycles. The highest BCUT2D eigenvalue weighted by molar-refractivity contribution is 9.10. The minimum absolute atomic E-state index is 0.142. The Labute approximate surface area is 187 Å². The summed E-state index contributed by atoms with van der Waals surface area (Å²) in [6.07, 6.45) is 0. The van der Waals surface area contributed by atoms with Crippen molar-refractivity contribution in [3.05, 3.63) is 94.1 Å². The van der Waals surface area contributed by atoms with E-state index >= 15 is 0 Å². The van der Waals surface area contributed by atoms with E-state index in [-0.39, 0.29) is 11.7 Å². The Morgan fingerprint density at radius 2 is 1.81 bits per heavy atom. The van der Waals surface area contributed by atoms with E-state index in [4.69, 9.17) is 4.74 Å². The van der Waals surface area contributed by atoms with Crippen LogP contribution in [0, 0.1) is 0 Å². The Hall–Kier alpha value is -3.58. The summed E-state index contributed by atoms with van der Waals surface area (Å²) in [6.45, 7) is 0. The lowest BCUT2D eigenvalue weighted by Crippen LogP contribution is -2.29. The van der Waals surface area contributed by atoms with Crippen LogP contribution in [0.1, 0.15) is 27.7 Å². The summed E-state index contributed by atoms with van der Waals surface area (Å²) in [4.78, 5) is 15.2. The molecule has 0 radical (unpaired) electrons. The molecule has 0 saturated heterocycles. The van der Waals surface area contributed by atoms with Gasteiger partial charge in [0.1, 0.15) is 17.2 Å². The SMILES string of the molecule is COc1ccc(-c2n[nH]c3c2[C@H](c2cccc(O)c2)N(c2ccc(Br)cc2)C3=O)cc1. The highest BCUT2D eigenvalue weighted by Crippen LogP contribution is 2.45. The Morgan fingerprint density at radius 3 is 2.48 bits per heavy atom. The van der Waals surface area contributed by atoms with Crippen molar-refractivity contribution in [2.75, 3.05) is 12.0 Å². The van der Waals surface area contributed by atoms with Gasteiger partial charge in [0, 0.05) is 21.3 Å². The molecule has 2 heterocycles. The van der Waals surface area contributed by atoms with Crippen LogP contribution in [0.15, 0.2) is 77.3 Å². The highest BCUT2D eigenvalue weighted by Gasteiger charge is 2.43. The van der Waals surface area contributed by atoms with Gasteiger partial charge in [-0.25, -0.2) is 0 Å². The number of hydrogen-bond donors (Lipinski definition) is 2. The first-order valence-corrected chi connectivity index (χ1v) is 10.5. The maximum atomic E-state index is 13.5. The normalized spacial score (nSPS) is 15.2. The average molecular weight is 476 g/mol. The van der Waals surface area contributed by atoms with E-state index < -0.39 is 6.04 Å². The highest BCUT2D eigenvalue weighted by atomic mass is 79.9. The Kier molecular flexibility index (Phi) is 4.75. The van der Waals surface area contributed by atoms with Gasteiger partial charge in [0.25, 0.3) is 5.91 Å². The molecule has 1 atom stereocenters. The molecule has 0 unspecified atom stereocenters. The van der Waals surface area contributed by atoms with Crippen LogP contribution >= 0.6 is 15.9 Å². The maximum absolute atomic E-state index is 13.5. The summed E-state index contributed by atoms with van der Waals surface area (Å²) in [5.41, 5.74) is 4.34. The van der Waals surface area contributed by atoms with Crippen LogP contribution in [-0.4, -0.2) is 28.3 Å². The van der Waals surface area contributed by atoms with Gasteiger partial charge in [-0.1, -0.05) is 28.1 Å². The molecule has 0 saturated carbocycles. The summed E-state index contributed by atoms with van der Waals surface area (Å²) in [6, 6.07) is 21.7. The van der Waals surface area contributed by atoms with Crippen molar-refractivity contribution in [3.8, 4) is 22.8 Å². The summed E-state index contributed by atoms with van der Waals surface area (Å²) in [5.74, 6) is 0.717.